The lowest BCUT2D eigenvalue weighted by Crippen LogP contribution is -2.22. The monoisotopic (exact) mass is 141 g/mol. The minimum absolute atomic E-state index is 0.148. The van der Waals surface area contributed by atoms with Crippen LogP contribution >= 0.6 is 0 Å². The van der Waals surface area contributed by atoms with Crippen LogP contribution in [-0.4, -0.2) is 30.6 Å². The van der Waals surface area contributed by atoms with Crippen LogP contribution in [0.25, 0.3) is 5.73 Å². The van der Waals surface area contributed by atoms with Gasteiger partial charge in [-0.25, -0.2) is 0 Å². The van der Waals surface area contributed by atoms with Gasteiger partial charge in [0.1, 0.15) is 0 Å². The molecule has 1 rings (SSSR count). The molecule has 2 nitrogen and oxygen atoms in total. The third-order valence-electron chi connectivity index (χ3n) is 2.31. The van der Waals surface area contributed by atoms with E-state index in [9.17, 15) is 0 Å². The van der Waals surface area contributed by atoms with Crippen molar-refractivity contribution in [2.24, 2.45) is 0 Å². The Hall–Kier alpha value is -0.0800. The molecule has 0 bridgehead atoms. The van der Waals surface area contributed by atoms with Crippen LogP contribution in [0, 0.1) is 0 Å². The molecule has 1 heterocycles. The van der Waals surface area contributed by atoms with E-state index in [4.69, 9.17) is 5.73 Å². The van der Waals surface area contributed by atoms with Crippen LogP contribution in [0.1, 0.15) is 26.2 Å². The fourth-order valence-electron chi connectivity index (χ4n) is 1.41. The minimum Gasteiger partial charge on any atom is -0.672 e. The van der Waals surface area contributed by atoms with E-state index in [1.54, 1.807) is 0 Å². The standard InChI is InChI=1S/C8H17N2/c1-8(9)4-3-6-10(2)7-5-8/h9H,3-7H2,1-2H3/q-1. The van der Waals surface area contributed by atoms with E-state index in [2.05, 4.69) is 11.9 Å². The summed E-state index contributed by atoms with van der Waals surface area (Å²) in [7, 11) is 2.14. The molecular formula is C8H17N2-. The maximum atomic E-state index is 7.83. The van der Waals surface area contributed by atoms with Gasteiger partial charge in [-0.3, -0.25) is 0 Å². The van der Waals surface area contributed by atoms with Crippen molar-refractivity contribution in [2.75, 3.05) is 20.1 Å². The van der Waals surface area contributed by atoms with Gasteiger partial charge in [0.05, 0.1) is 0 Å². The first-order valence-electron chi connectivity index (χ1n) is 4.04. The zero-order valence-electron chi connectivity index (χ0n) is 6.98. The molecule has 1 saturated heterocycles. The molecule has 0 amide bonds. The first kappa shape index (κ1) is 8.02. The van der Waals surface area contributed by atoms with Gasteiger partial charge in [0.25, 0.3) is 0 Å². The Morgan fingerprint density at radius 3 is 2.70 bits per heavy atom. The predicted octanol–water partition coefficient (Wildman–Crippen LogP) is 1.91. The van der Waals surface area contributed by atoms with Crippen LogP contribution in [0.15, 0.2) is 0 Å². The Morgan fingerprint density at radius 1 is 1.30 bits per heavy atom. The molecule has 0 aromatic carbocycles. The average Bonchev–Trinajstić information content (AvgIpc) is 1.94. The smallest absolute Gasteiger partial charge is 0.00222 e. The fraction of sp³-hybridized carbons (Fsp3) is 1.00. The van der Waals surface area contributed by atoms with Gasteiger partial charge < -0.3 is 10.6 Å². The topological polar surface area (TPSA) is 27.0 Å². The van der Waals surface area contributed by atoms with Crippen molar-refractivity contribution >= 4 is 0 Å². The molecule has 1 unspecified atom stereocenters. The first-order valence-corrected chi connectivity index (χ1v) is 4.04. The van der Waals surface area contributed by atoms with Crippen LogP contribution in [0.4, 0.5) is 0 Å². The van der Waals surface area contributed by atoms with Crippen molar-refractivity contribution in [3.63, 3.8) is 0 Å². The van der Waals surface area contributed by atoms with Gasteiger partial charge in [0, 0.05) is 0 Å². The molecule has 0 aromatic rings. The molecule has 1 aliphatic heterocycles. The van der Waals surface area contributed by atoms with Crippen LogP contribution in [0.2, 0.25) is 0 Å². The summed E-state index contributed by atoms with van der Waals surface area (Å²) in [5, 5.41) is 0. The number of likely N-dealkylation sites (tertiary alicyclic amines) is 1. The van der Waals surface area contributed by atoms with Crippen LogP contribution in [0.5, 0.6) is 0 Å². The van der Waals surface area contributed by atoms with Crippen LogP contribution in [0.3, 0.4) is 0 Å². The van der Waals surface area contributed by atoms with E-state index in [0.717, 1.165) is 19.4 Å². The molecule has 1 N–H and O–H groups in total. The van der Waals surface area contributed by atoms with E-state index < -0.39 is 0 Å². The third-order valence-corrected chi connectivity index (χ3v) is 2.31. The summed E-state index contributed by atoms with van der Waals surface area (Å²) in [6.07, 6.45) is 3.29. The molecule has 1 aliphatic rings. The Balaban J connectivity index is 2.41. The quantitative estimate of drug-likeness (QED) is 0.506. The molecule has 1 atom stereocenters. The average molecular weight is 141 g/mol. The normalized spacial score (nSPS) is 37.5. The van der Waals surface area contributed by atoms with E-state index in [1.165, 1.54) is 13.0 Å². The van der Waals surface area contributed by atoms with E-state index >= 15 is 0 Å². The van der Waals surface area contributed by atoms with E-state index in [1.807, 2.05) is 6.92 Å². The second-order valence-electron chi connectivity index (χ2n) is 3.72. The number of hydrogen-bond donors (Lipinski definition) is 0. The summed E-state index contributed by atoms with van der Waals surface area (Å²) >= 11 is 0. The second kappa shape index (κ2) is 2.89. The van der Waals surface area contributed by atoms with E-state index in [0.29, 0.717) is 0 Å². The fourth-order valence-corrected chi connectivity index (χ4v) is 1.41. The number of rotatable bonds is 0. The maximum absolute atomic E-state index is 7.83. The summed E-state index contributed by atoms with van der Waals surface area (Å²) < 4.78 is 0. The molecule has 2 heteroatoms. The zero-order chi connectivity index (χ0) is 7.61. The van der Waals surface area contributed by atoms with Gasteiger partial charge in [0.15, 0.2) is 0 Å². The predicted molar refractivity (Wildman–Crippen MR) is 44.1 cm³/mol. The van der Waals surface area contributed by atoms with Gasteiger partial charge >= 0.3 is 0 Å². The summed E-state index contributed by atoms with van der Waals surface area (Å²) in [5.41, 5.74) is 7.68. The van der Waals surface area contributed by atoms with Gasteiger partial charge in [-0.05, 0) is 26.6 Å². The molecule has 0 aliphatic carbocycles. The van der Waals surface area contributed by atoms with Crippen molar-refractivity contribution in [2.45, 2.75) is 31.7 Å². The summed E-state index contributed by atoms with van der Waals surface area (Å²) in [5.74, 6) is 0. The highest BCUT2D eigenvalue weighted by Crippen LogP contribution is 2.23. The van der Waals surface area contributed by atoms with E-state index in [-0.39, 0.29) is 5.54 Å². The molecular weight excluding hydrogens is 124 g/mol. The summed E-state index contributed by atoms with van der Waals surface area (Å²) in [4.78, 5) is 2.32. The SMILES string of the molecule is CN1CCCC(C)([NH-])CC1. The highest BCUT2D eigenvalue weighted by atomic mass is 15.1. The largest absolute Gasteiger partial charge is 0.672 e. The molecule has 0 spiro atoms. The van der Waals surface area contributed by atoms with Crippen LogP contribution < -0.4 is 0 Å². The lowest BCUT2D eigenvalue weighted by atomic mass is 9.95. The van der Waals surface area contributed by atoms with Crippen molar-refractivity contribution in [1.82, 2.24) is 4.90 Å². The number of nitrogens with one attached hydrogen (secondary N) is 1. The first-order chi connectivity index (χ1) is 4.60. The molecule has 0 aromatic heterocycles. The van der Waals surface area contributed by atoms with Crippen molar-refractivity contribution in [3.05, 3.63) is 5.73 Å². The summed E-state index contributed by atoms with van der Waals surface area (Å²) in [6.45, 7) is 4.32. The van der Waals surface area contributed by atoms with Gasteiger partial charge in [-0.1, -0.05) is 19.8 Å². The minimum atomic E-state index is -0.148. The van der Waals surface area contributed by atoms with Gasteiger partial charge in [-0.2, -0.15) is 0 Å². The lowest BCUT2D eigenvalue weighted by Gasteiger charge is -2.32. The van der Waals surface area contributed by atoms with Crippen LogP contribution in [-0.2, 0) is 0 Å². The second-order valence-corrected chi connectivity index (χ2v) is 3.72. The Morgan fingerprint density at radius 2 is 2.00 bits per heavy atom. The van der Waals surface area contributed by atoms with Crippen molar-refractivity contribution in [1.29, 1.82) is 0 Å². The highest BCUT2D eigenvalue weighted by Gasteiger charge is 2.14. The molecule has 0 radical (unpaired) electrons. The molecule has 0 saturated carbocycles. The van der Waals surface area contributed by atoms with Crippen molar-refractivity contribution < 1.29 is 0 Å². The highest BCUT2D eigenvalue weighted by molar-refractivity contribution is 4.92. The number of nitrogens with zero attached hydrogens (tertiary/aromatic N) is 1. The third kappa shape index (κ3) is 2.27. The Kier molecular flexibility index (Phi) is 2.32. The van der Waals surface area contributed by atoms with Crippen molar-refractivity contribution in [3.8, 4) is 0 Å². The summed E-state index contributed by atoms with van der Waals surface area (Å²) in [6, 6.07) is 0. The molecule has 1 fully saturated rings. The van der Waals surface area contributed by atoms with Gasteiger partial charge in [-0.15, -0.1) is 5.54 Å². The van der Waals surface area contributed by atoms with Gasteiger partial charge in [0.2, 0.25) is 0 Å². The Labute approximate surface area is 63.4 Å². The maximum Gasteiger partial charge on any atom is -0.00222 e. The number of hydrogen-bond acceptors (Lipinski definition) is 1. The molecule has 60 valence electrons. The Bertz CT molecular complexity index is 110. The molecule has 10 heavy (non-hydrogen) atoms. The zero-order valence-corrected chi connectivity index (χ0v) is 6.98. The lowest BCUT2D eigenvalue weighted by molar-refractivity contribution is 0.343.